The van der Waals surface area contributed by atoms with E-state index in [9.17, 15) is 0 Å². The van der Waals surface area contributed by atoms with Crippen molar-refractivity contribution < 1.29 is 0 Å². The second-order valence-corrected chi connectivity index (χ2v) is 7.70. The van der Waals surface area contributed by atoms with Crippen LogP contribution in [-0.2, 0) is 12.3 Å². The van der Waals surface area contributed by atoms with Crippen LogP contribution in [0.15, 0.2) is 27.0 Å². The molecule has 2 aromatic heterocycles. The van der Waals surface area contributed by atoms with Crippen molar-refractivity contribution in [3.8, 4) is 0 Å². The van der Waals surface area contributed by atoms with Crippen LogP contribution in [0.1, 0.15) is 18.3 Å². The molecule has 0 aliphatic heterocycles. The van der Waals surface area contributed by atoms with E-state index < -0.39 is 0 Å². The van der Waals surface area contributed by atoms with Gasteiger partial charge in [-0.3, -0.25) is 4.68 Å². The highest BCUT2D eigenvalue weighted by atomic mass is 79.9. The Labute approximate surface area is 139 Å². The van der Waals surface area contributed by atoms with Crippen LogP contribution in [-0.4, -0.2) is 14.8 Å². The predicted octanol–water partition coefficient (Wildman–Crippen LogP) is 4.46. The third-order valence-electron chi connectivity index (χ3n) is 3.18. The van der Waals surface area contributed by atoms with Gasteiger partial charge in [0.15, 0.2) is 4.34 Å². The van der Waals surface area contributed by atoms with Gasteiger partial charge in [0.1, 0.15) is 0 Å². The first kappa shape index (κ1) is 14.9. The Bertz CT molecular complexity index is 794. The van der Waals surface area contributed by atoms with Gasteiger partial charge in [0.05, 0.1) is 26.1 Å². The molecule has 0 aliphatic rings. The molecule has 1 aromatic carbocycles. The zero-order chi connectivity index (χ0) is 15.0. The van der Waals surface area contributed by atoms with Crippen LogP contribution in [0.5, 0.6) is 0 Å². The molecule has 0 saturated heterocycles. The number of benzene rings is 1. The number of nitrogens with two attached hydrogens (primary N) is 1. The Kier molecular flexibility index (Phi) is 4.24. The molecule has 0 amide bonds. The molecule has 0 radical (unpaired) electrons. The normalized spacial score (nSPS) is 11.4. The molecule has 0 unspecified atom stereocenters. The molecule has 0 aliphatic carbocycles. The van der Waals surface area contributed by atoms with E-state index in [0.29, 0.717) is 0 Å². The van der Waals surface area contributed by atoms with Crippen molar-refractivity contribution >= 4 is 54.9 Å². The Morgan fingerprint density at radius 3 is 3.00 bits per heavy atom. The summed E-state index contributed by atoms with van der Waals surface area (Å²) in [6, 6.07) is 5.84. The van der Waals surface area contributed by atoms with Gasteiger partial charge in [0, 0.05) is 18.0 Å². The number of hydrogen-bond donors (Lipinski definition) is 1. The molecule has 3 rings (SSSR count). The molecule has 0 saturated carbocycles. The first-order valence-electron chi connectivity index (χ1n) is 6.59. The molecule has 2 heterocycles. The average molecular weight is 383 g/mol. The van der Waals surface area contributed by atoms with Gasteiger partial charge in [0.2, 0.25) is 0 Å². The van der Waals surface area contributed by atoms with E-state index in [1.807, 2.05) is 29.8 Å². The lowest BCUT2D eigenvalue weighted by molar-refractivity contribution is 0.631. The largest absolute Gasteiger partial charge is 0.399 e. The van der Waals surface area contributed by atoms with Gasteiger partial charge < -0.3 is 5.73 Å². The van der Waals surface area contributed by atoms with Gasteiger partial charge in [-0.25, -0.2) is 4.98 Å². The highest BCUT2D eigenvalue weighted by Gasteiger charge is 2.13. The number of hydrogen-bond acceptors (Lipinski definition) is 5. The smallest absolute Gasteiger partial charge is 0.151 e. The van der Waals surface area contributed by atoms with Crippen LogP contribution in [0.4, 0.5) is 5.69 Å². The Morgan fingerprint density at radius 1 is 1.43 bits per heavy atom. The molecule has 0 spiro atoms. The minimum absolute atomic E-state index is 0.783. The van der Waals surface area contributed by atoms with Crippen molar-refractivity contribution in [1.82, 2.24) is 14.8 Å². The molecule has 0 atom stereocenters. The fraction of sp³-hybridized carbons (Fsp3) is 0.286. The number of rotatable bonds is 4. The number of halogens is 1. The molecule has 3 aromatic rings. The lowest BCUT2D eigenvalue weighted by atomic mass is 10.3. The van der Waals surface area contributed by atoms with E-state index in [1.165, 1.54) is 5.69 Å². The van der Waals surface area contributed by atoms with E-state index >= 15 is 0 Å². The second-order valence-electron chi connectivity index (χ2n) is 4.66. The molecular weight excluding hydrogens is 368 g/mol. The van der Waals surface area contributed by atoms with Gasteiger partial charge >= 0.3 is 0 Å². The quantitative estimate of drug-likeness (QED) is 0.534. The summed E-state index contributed by atoms with van der Waals surface area (Å²) < 4.78 is 5.33. The minimum Gasteiger partial charge on any atom is -0.399 e. The van der Waals surface area contributed by atoms with E-state index in [4.69, 9.17) is 5.73 Å². The van der Waals surface area contributed by atoms with Gasteiger partial charge in [-0.2, -0.15) is 5.10 Å². The van der Waals surface area contributed by atoms with Gasteiger partial charge in [-0.1, -0.05) is 11.8 Å². The van der Waals surface area contributed by atoms with Gasteiger partial charge in [-0.15, -0.1) is 11.3 Å². The van der Waals surface area contributed by atoms with Crippen LogP contribution in [0.2, 0.25) is 0 Å². The summed E-state index contributed by atoms with van der Waals surface area (Å²) in [5.74, 6) is 0.852. The number of thiazole rings is 1. The first-order chi connectivity index (χ1) is 10.1. The van der Waals surface area contributed by atoms with Crippen molar-refractivity contribution in [3.63, 3.8) is 0 Å². The minimum atomic E-state index is 0.783. The van der Waals surface area contributed by atoms with Gasteiger partial charge in [0.25, 0.3) is 0 Å². The monoisotopic (exact) mass is 382 g/mol. The van der Waals surface area contributed by atoms with Crippen LogP contribution in [0.3, 0.4) is 0 Å². The molecule has 7 heteroatoms. The molecule has 4 nitrogen and oxygen atoms in total. The fourth-order valence-corrected chi connectivity index (χ4v) is 4.87. The van der Waals surface area contributed by atoms with E-state index in [-0.39, 0.29) is 0 Å². The van der Waals surface area contributed by atoms with Crippen LogP contribution in [0.25, 0.3) is 10.2 Å². The highest BCUT2D eigenvalue weighted by molar-refractivity contribution is 9.10. The predicted molar refractivity (Wildman–Crippen MR) is 93.9 cm³/mol. The maximum Gasteiger partial charge on any atom is 0.151 e. The zero-order valence-corrected chi connectivity index (χ0v) is 15.0. The van der Waals surface area contributed by atoms with Crippen molar-refractivity contribution in [2.24, 2.45) is 0 Å². The SMILES string of the molecule is CCn1nc(C)c(Br)c1CSc1nc2ccc(N)cc2s1. The summed E-state index contributed by atoms with van der Waals surface area (Å²) >= 11 is 7.05. The molecule has 0 fully saturated rings. The first-order valence-corrected chi connectivity index (χ1v) is 9.18. The van der Waals surface area contributed by atoms with E-state index in [2.05, 4.69) is 32.9 Å². The number of anilines is 1. The summed E-state index contributed by atoms with van der Waals surface area (Å²) in [6.07, 6.45) is 0. The number of nitrogen functional groups attached to an aromatic ring is 1. The van der Waals surface area contributed by atoms with Crippen LogP contribution >= 0.6 is 39.0 Å². The summed E-state index contributed by atoms with van der Waals surface area (Å²) in [5, 5.41) is 4.52. The fourth-order valence-electron chi connectivity index (χ4n) is 2.12. The molecule has 21 heavy (non-hydrogen) atoms. The molecular formula is C14H15BrN4S2. The summed E-state index contributed by atoms with van der Waals surface area (Å²) in [5.41, 5.74) is 9.84. The maximum atomic E-state index is 5.81. The standard InChI is InChI=1S/C14H15BrN4S2/c1-3-19-11(13(15)8(2)18-19)7-20-14-17-10-5-4-9(16)6-12(10)21-14/h4-6H,3,7,16H2,1-2H3. The number of thioether (sulfide) groups is 1. The second kappa shape index (κ2) is 5.98. The third kappa shape index (κ3) is 2.95. The van der Waals surface area contributed by atoms with Crippen molar-refractivity contribution in [2.45, 2.75) is 30.5 Å². The Morgan fingerprint density at radius 2 is 2.24 bits per heavy atom. The summed E-state index contributed by atoms with van der Waals surface area (Å²) in [6.45, 7) is 5.00. The van der Waals surface area contributed by atoms with Crippen LogP contribution in [0, 0.1) is 6.92 Å². The Hall–Kier alpha value is -1.05. The van der Waals surface area contributed by atoms with Crippen molar-refractivity contribution in [3.05, 3.63) is 34.1 Å². The number of aromatic nitrogens is 3. The maximum absolute atomic E-state index is 5.81. The lowest BCUT2D eigenvalue weighted by Crippen LogP contribution is -2.01. The highest BCUT2D eigenvalue weighted by Crippen LogP contribution is 2.34. The lowest BCUT2D eigenvalue weighted by Gasteiger charge is -2.03. The number of fused-ring (bicyclic) bond motifs is 1. The number of nitrogens with zero attached hydrogens (tertiary/aromatic N) is 3. The van der Waals surface area contributed by atoms with Crippen LogP contribution < -0.4 is 5.73 Å². The van der Waals surface area contributed by atoms with Crippen molar-refractivity contribution in [1.29, 1.82) is 0 Å². The zero-order valence-electron chi connectivity index (χ0n) is 11.8. The molecule has 2 N–H and O–H groups in total. The Balaban J connectivity index is 1.83. The topological polar surface area (TPSA) is 56.7 Å². The molecule has 0 bridgehead atoms. The average Bonchev–Trinajstić information content (AvgIpc) is 2.98. The third-order valence-corrected chi connectivity index (χ3v) is 6.38. The summed E-state index contributed by atoms with van der Waals surface area (Å²) in [4.78, 5) is 4.64. The van der Waals surface area contributed by atoms with E-state index in [1.54, 1.807) is 23.1 Å². The molecule has 110 valence electrons. The van der Waals surface area contributed by atoms with Crippen molar-refractivity contribution in [2.75, 3.05) is 5.73 Å². The number of aryl methyl sites for hydroxylation is 2. The van der Waals surface area contributed by atoms with Gasteiger partial charge in [-0.05, 0) is 48.0 Å². The van der Waals surface area contributed by atoms with E-state index in [0.717, 1.165) is 42.7 Å². The summed E-state index contributed by atoms with van der Waals surface area (Å²) in [7, 11) is 0.